The molecule has 0 spiro atoms. The summed E-state index contributed by atoms with van der Waals surface area (Å²) in [5.74, 6) is 3.50. The Bertz CT molecular complexity index is 284. The van der Waals surface area contributed by atoms with Crippen LogP contribution in [0.5, 0.6) is 0 Å². The fourth-order valence-electron chi connectivity index (χ4n) is 1.52. The summed E-state index contributed by atoms with van der Waals surface area (Å²) in [6, 6.07) is 0. The number of nitrogens with zero attached hydrogens (tertiary/aromatic N) is 1. The average molecular weight is 293 g/mol. The van der Waals surface area contributed by atoms with E-state index < -0.39 is 0 Å². The zero-order chi connectivity index (χ0) is 9.80. The third kappa shape index (κ3) is 3.14. The van der Waals surface area contributed by atoms with Gasteiger partial charge >= 0.3 is 0 Å². The third-order valence-corrected chi connectivity index (χ3v) is 4.92. The first-order valence-corrected chi connectivity index (χ1v) is 7.60. The summed E-state index contributed by atoms with van der Waals surface area (Å²) in [5.41, 5.74) is 0. The van der Waals surface area contributed by atoms with Crippen LogP contribution in [0.1, 0.15) is 12.8 Å². The molecule has 2 rings (SSSR count). The zero-order valence-electron chi connectivity index (χ0n) is 7.83. The van der Waals surface area contributed by atoms with Gasteiger partial charge < -0.3 is 5.32 Å². The van der Waals surface area contributed by atoms with Crippen molar-refractivity contribution in [2.75, 3.05) is 23.4 Å². The molecule has 14 heavy (non-hydrogen) atoms. The van der Waals surface area contributed by atoms with Gasteiger partial charge in [0.25, 0.3) is 0 Å². The molecular formula is C9H13BrN2S2. The average Bonchev–Trinajstić information content (AvgIpc) is 2.63. The summed E-state index contributed by atoms with van der Waals surface area (Å²) < 4.78 is 0.934. The molecule has 78 valence electrons. The van der Waals surface area contributed by atoms with Crippen LogP contribution in [0.25, 0.3) is 0 Å². The second-order valence-corrected chi connectivity index (χ2v) is 6.31. The Kier molecular flexibility index (Phi) is 4.13. The summed E-state index contributed by atoms with van der Waals surface area (Å²) in [5, 5.41) is 6.45. The quantitative estimate of drug-likeness (QED) is 0.924. The van der Waals surface area contributed by atoms with Gasteiger partial charge in [-0.25, -0.2) is 4.98 Å². The molecule has 0 bridgehead atoms. The highest BCUT2D eigenvalue weighted by Crippen LogP contribution is 2.24. The highest BCUT2D eigenvalue weighted by atomic mass is 79.9. The van der Waals surface area contributed by atoms with Crippen LogP contribution >= 0.6 is 39.0 Å². The van der Waals surface area contributed by atoms with E-state index in [1.54, 1.807) is 11.3 Å². The zero-order valence-corrected chi connectivity index (χ0v) is 11.1. The molecule has 0 radical (unpaired) electrons. The molecular weight excluding hydrogens is 280 g/mol. The Balaban J connectivity index is 1.76. The summed E-state index contributed by atoms with van der Waals surface area (Å²) in [6.45, 7) is 1.08. The van der Waals surface area contributed by atoms with E-state index in [0.29, 0.717) is 0 Å². The van der Waals surface area contributed by atoms with Crippen molar-refractivity contribution < 1.29 is 0 Å². The van der Waals surface area contributed by atoms with Gasteiger partial charge in [-0.1, -0.05) is 0 Å². The molecule has 1 fully saturated rings. The highest BCUT2D eigenvalue weighted by Gasteiger charge is 2.13. The summed E-state index contributed by atoms with van der Waals surface area (Å²) in [4.78, 5) is 4.31. The molecule has 0 unspecified atom stereocenters. The van der Waals surface area contributed by atoms with Gasteiger partial charge in [-0.2, -0.15) is 11.8 Å². The van der Waals surface area contributed by atoms with Crippen LogP contribution in [0.3, 0.4) is 0 Å². The molecule has 0 atom stereocenters. The van der Waals surface area contributed by atoms with Crippen LogP contribution < -0.4 is 5.32 Å². The highest BCUT2D eigenvalue weighted by molar-refractivity contribution is 9.10. The molecule has 0 amide bonds. The molecule has 1 aliphatic rings. The van der Waals surface area contributed by atoms with Gasteiger partial charge in [0, 0.05) is 11.9 Å². The van der Waals surface area contributed by atoms with Gasteiger partial charge in [0.05, 0.1) is 0 Å². The largest absolute Gasteiger partial charge is 0.361 e. The first-order chi connectivity index (χ1) is 6.84. The topological polar surface area (TPSA) is 24.9 Å². The van der Waals surface area contributed by atoms with E-state index in [9.17, 15) is 0 Å². The van der Waals surface area contributed by atoms with Crippen molar-refractivity contribution in [1.29, 1.82) is 0 Å². The van der Waals surface area contributed by atoms with Gasteiger partial charge in [-0.15, -0.1) is 11.3 Å². The summed E-state index contributed by atoms with van der Waals surface area (Å²) >= 11 is 7.09. The van der Waals surface area contributed by atoms with Crippen molar-refractivity contribution in [2.24, 2.45) is 5.92 Å². The maximum absolute atomic E-state index is 4.31. The van der Waals surface area contributed by atoms with Gasteiger partial charge in [0.1, 0.15) is 4.60 Å². The molecule has 2 nitrogen and oxygen atoms in total. The van der Waals surface area contributed by atoms with E-state index in [2.05, 4.69) is 38.0 Å². The van der Waals surface area contributed by atoms with E-state index >= 15 is 0 Å². The fraction of sp³-hybridized carbons (Fsp3) is 0.667. The van der Waals surface area contributed by atoms with E-state index in [1.165, 1.54) is 24.3 Å². The van der Waals surface area contributed by atoms with Crippen LogP contribution in [0.4, 0.5) is 5.13 Å². The number of hydrogen-bond donors (Lipinski definition) is 1. The minimum atomic E-state index is 0.846. The minimum absolute atomic E-state index is 0.846. The number of rotatable bonds is 3. The lowest BCUT2D eigenvalue weighted by Gasteiger charge is -2.21. The molecule has 0 aliphatic carbocycles. The first kappa shape index (κ1) is 10.8. The van der Waals surface area contributed by atoms with E-state index in [1.807, 2.05) is 5.38 Å². The number of anilines is 1. The smallest absolute Gasteiger partial charge is 0.183 e. The van der Waals surface area contributed by atoms with Crippen molar-refractivity contribution in [3.8, 4) is 0 Å². The van der Waals surface area contributed by atoms with Crippen LogP contribution in [0.2, 0.25) is 0 Å². The predicted molar refractivity (Wildman–Crippen MR) is 68.4 cm³/mol. The van der Waals surface area contributed by atoms with Crippen LogP contribution in [0, 0.1) is 5.92 Å². The molecule has 1 aliphatic heterocycles. The molecule has 0 aromatic carbocycles. The second kappa shape index (κ2) is 5.37. The number of hydrogen-bond acceptors (Lipinski definition) is 4. The number of nitrogens with one attached hydrogen (secondary N) is 1. The maximum Gasteiger partial charge on any atom is 0.183 e. The van der Waals surface area contributed by atoms with Crippen LogP contribution in [-0.2, 0) is 0 Å². The van der Waals surface area contributed by atoms with Gasteiger partial charge in [0.2, 0.25) is 0 Å². The van der Waals surface area contributed by atoms with Gasteiger partial charge in [-0.3, -0.25) is 0 Å². The standard InChI is InChI=1S/C9H13BrN2S2/c10-8-6-14-9(12-8)11-5-7-1-3-13-4-2-7/h6-7H,1-5H2,(H,11,12). The molecule has 5 heteroatoms. The normalized spacial score (nSPS) is 18.4. The number of aromatic nitrogens is 1. The van der Waals surface area contributed by atoms with Crippen molar-refractivity contribution in [1.82, 2.24) is 4.98 Å². The number of halogens is 1. The van der Waals surface area contributed by atoms with Crippen molar-refractivity contribution in [2.45, 2.75) is 12.8 Å². The molecule has 1 aromatic rings. The Hall–Kier alpha value is 0.260. The number of thioether (sulfide) groups is 1. The van der Waals surface area contributed by atoms with Crippen molar-refractivity contribution in [3.05, 3.63) is 9.98 Å². The predicted octanol–water partition coefficient (Wildman–Crippen LogP) is 3.46. The van der Waals surface area contributed by atoms with Crippen LogP contribution in [-0.4, -0.2) is 23.0 Å². The Morgan fingerprint density at radius 1 is 1.50 bits per heavy atom. The second-order valence-electron chi connectivity index (χ2n) is 3.41. The Labute approximate surface area is 101 Å². The lowest BCUT2D eigenvalue weighted by molar-refractivity contribution is 0.516. The lowest BCUT2D eigenvalue weighted by Crippen LogP contribution is -2.18. The van der Waals surface area contributed by atoms with E-state index in [4.69, 9.17) is 0 Å². The summed E-state index contributed by atoms with van der Waals surface area (Å²) in [6.07, 6.45) is 2.70. The molecule has 1 aromatic heterocycles. The fourth-order valence-corrected chi connectivity index (χ4v) is 3.88. The number of thiazole rings is 1. The van der Waals surface area contributed by atoms with Crippen LogP contribution in [0.15, 0.2) is 9.98 Å². The van der Waals surface area contributed by atoms with E-state index in [-0.39, 0.29) is 0 Å². The monoisotopic (exact) mass is 292 g/mol. The minimum Gasteiger partial charge on any atom is -0.361 e. The van der Waals surface area contributed by atoms with Gasteiger partial charge in [-0.05, 0) is 46.2 Å². The molecule has 1 N–H and O–H groups in total. The Morgan fingerprint density at radius 2 is 2.29 bits per heavy atom. The SMILES string of the molecule is Brc1csc(NCC2CCSCC2)n1. The summed E-state index contributed by atoms with van der Waals surface area (Å²) in [7, 11) is 0. The first-order valence-electron chi connectivity index (χ1n) is 4.77. The molecule has 1 saturated heterocycles. The third-order valence-electron chi connectivity index (χ3n) is 2.36. The van der Waals surface area contributed by atoms with E-state index in [0.717, 1.165) is 22.2 Å². The van der Waals surface area contributed by atoms with Crippen molar-refractivity contribution >= 4 is 44.2 Å². The molecule has 2 heterocycles. The maximum atomic E-state index is 4.31. The lowest BCUT2D eigenvalue weighted by atomic mass is 10.0. The van der Waals surface area contributed by atoms with Gasteiger partial charge in [0.15, 0.2) is 5.13 Å². The molecule has 0 saturated carbocycles. The van der Waals surface area contributed by atoms with Crippen molar-refractivity contribution in [3.63, 3.8) is 0 Å². The Morgan fingerprint density at radius 3 is 2.93 bits per heavy atom.